The number of ether oxygens (including phenoxy) is 2. The van der Waals surface area contributed by atoms with Gasteiger partial charge in [-0.25, -0.2) is 0 Å². The Hall–Kier alpha value is -3.14. The van der Waals surface area contributed by atoms with Crippen molar-refractivity contribution >= 4 is 27.1 Å². The van der Waals surface area contributed by atoms with E-state index in [1.807, 2.05) is 12.1 Å². The molecule has 2 nitrogen and oxygen atoms in total. The van der Waals surface area contributed by atoms with E-state index in [9.17, 15) is 0 Å². The lowest BCUT2D eigenvalue weighted by Gasteiger charge is -2.18. The molecule has 0 aliphatic heterocycles. The zero-order chi connectivity index (χ0) is 22.7. The molecule has 4 aromatic carbocycles. The Balaban J connectivity index is 1.77. The predicted octanol–water partition coefficient (Wildman–Crippen LogP) is 7.48. The summed E-state index contributed by atoms with van der Waals surface area (Å²) in [4.78, 5) is 0. The average Bonchev–Trinajstić information content (AvgIpc) is 2.89. The molecule has 0 bridgehead atoms. The van der Waals surface area contributed by atoms with Gasteiger partial charge in [0.25, 0.3) is 0 Å². The second kappa shape index (κ2) is 12.2. The topological polar surface area (TPSA) is 18.5 Å². The Morgan fingerprint density at radius 3 is 1.33 bits per heavy atom. The summed E-state index contributed by atoms with van der Waals surface area (Å²) in [5.74, 6) is 0.842. The van der Waals surface area contributed by atoms with E-state index >= 15 is 0 Å². The SMILES string of the molecule is BrCCOCCOc1ccc(C(=C(c2ccccc2)c2ccccc2)c2ccccc2)cc1. The van der Waals surface area contributed by atoms with Crippen LogP contribution in [0.5, 0.6) is 5.75 Å². The van der Waals surface area contributed by atoms with Crippen LogP contribution < -0.4 is 4.74 Å². The van der Waals surface area contributed by atoms with Crippen LogP contribution in [0.3, 0.4) is 0 Å². The van der Waals surface area contributed by atoms with Crippen LogP contribution in [0.2, 0.25) is 0 Å². The van der Waals surface area contributed by atoms with E-state index in [0.29, 0.717) is 19.8 Å². The summed E-state index contributed by atoms with van der Waals surface area (Å²) in [6, 6.07) is 40.1. The van der Waals surface area contributed by atoms with Crippen molar-refractivity contribution in [2.24, 2.45) is 0 Å². The molecular formula is C30H27BrO2. The molecule has 0 saturated heterocycles. The maximum absolute atomic E-state index is 5.87. The molecule has 0 spiro atoms. The summed E-state index contributed by atoms with van der Waals surface area (Å²) in [5, 5.41) is 0.835. The van der Waals surface area contributed by atoms with Gasteiger partial charge in [0.1, 0.15) is 12.4 Å². The lowest BCUT2D eigenvalue weighted by molar-refractivity contribution is 0.112. The van der Waals surface area contributed by atoms with Gasteiger partial charge in [-0.2, -0.15) is 0 Å². The summed E-state index contributed by atoms with van der Waals surface area (Å²) in [5.41, 5.74) is 7.10. The average molecular weight is 499 g/mol. The van der Waals surface area contributed by atoms with Gasteiger partial charge in [-0.05, 0) is 45.5 Å². The van der Waals surface area contributed by atoms with E-state index in [4.69, 9.17) is 9.47 Å². The third kappa shape index (κ3) is 6.22. The molecule has 0 heterocycles. The molecule has 0 atom stereocenters. The molecule has 4 aromatic rings. The zero-order valence-corrected chi connectivity index (χ0v) is 20.1. The van der Waals surface area contributed by atoms with Crippen molar-refractivity contribution in [1.29, 1.82) is 0 Å². The van der Waals surface area contributed by atoms with Crippen molar-refractivity contribution in [3.8, 4) is 5.75 Å². The molecule has 4 rings (SSSR count). The number of halogens is 1. The van der Waals surface area contributed by atoms with Gasteiger partial charge in [0.15, 0.2) is 0 Å². The van der Waals surface area contributed by atoms with Crippen LogP contribution in [0.4, 0.5) is 0 Å². The second-order valence-electron chi connectivity index (χ2n) is 7.52. The van der Waals surface area contributed by atoms with Crippen molar-refractivity contribution in [2.75, 3.05) is 25.2 Å². The summed E-state index contributed by atoms with van der Waals surface area (Å²) in [7, 11) is 0. The third-order valence-electron chi connectivity index (χ3n) is 5.30. The fourth-order valence-electron chi connectivity index (χ4n) is 3.82. The zero-order valence-electron chi connectivity index (χ0n) is 18.5. The summed E-state index contributed by atoms with van der Waals surface area (Å²) in [6.07, 6.45) is 0. The molecule has 0 amide bonds. The Labute approximate surface area is 204 Å². The monoisotopic (exact) mass is 498 g/mol. The second-order valence-corrected chi connectivity index (χ2v) is 8.32. The Bertz CT molecular complexity index is 1100. The van der Waals surface area contributed by atoms with Gasteiger partial charge in [-0.3, -0.25) is 0 Å². The highest BCUT2D eigenvalue weighted by Crippen LogP contribution is 2.37. The number of alkyl halides is 1. The normalized spacial score (nSPS) is 10.6. The number of benzene rings is 4. The first-order chi connectivity index (χ1) is 16.4. The Morgan fingerprint density at radius 1 is 0.485 bits per heavy atom. The molecule has 0 radical (unpaired) electrons. The van der Waals surface area contributed by atoms with E-state index in [1.165, 1.54) is 27.8 Å². The standard InChI is InChI=1S/C30H27BrO2/c31-20-21-32-22-23-33-28-18-16-27(17-19-28)30(26-14-8-3-9-15-26)29(24-10-4-1-5-11-24)25-12-6-2-7-13-25/h1-19H,20-23H2. The van der Waals surface area contributed by atoms with Crippen molar-refractivity contribution < 1.29 is 9.47 Å². The van der Waals surface area contributed by atoms with Crippen LogP contribution >= 0.6 is 15.9 Å². The van der Waals surface area contributed by atoms with Gasteiger partial charge < -0.3 is 9.47 Å². The molecular weight excluding hydrogens is 472 g/mol. The maximum atomic E-state index is 5.87. The van der Waals surface area contributed by atoms with Gasteiger partial charge in [0, 0.05) is 5.33 Å². The molecule has 33 heavy (non-hydrogen) atoms. The van der Waals surface area contributed by atoms with Crippen LogP contribution in [0.1, 0.15) is 22.3 Å². The molecule has 0 fully saturated rings. The van der Waals surface area contributed by atoms with Crippen molar-refractivity contribution in [1.82, 2.24) is 0 Å². The highest BCUT2D eigenvalue weighted by atomic mass is 79.9. The Morgan fingerprint density at radius 2 is 0.909 bits per heavy atom. The van der Waals surface area contributed by atoms with Crippen LogP contribution in [0, 0.1) is 0 Å². The lowest BCUT2D eigenvalue weighted by Crippen LogP contribution is -2.07. The van der Waals surface area contributed by atoms with Gasteiger partial charge in [-0.15, -0.1) is 0 Å². The number of hydrogen-bond donors (Lipinski definition) is 0. The van der Waals surface area contributed by atoms with Gasteiger partial charge in [0.05, 0.1) is 13.2 Å². The van der Waals surface area contributed by atoms with Gasteiger partial charge in [-0.1, -0.05) is 119 Å². The molecule has 3 heteroatoms. The number of hydrogen-bond acceptors (Lipinski definition) is 2. The quantitative estimate of drug-likeness (QED) is 0.128. The Kier molecular flexibility index (Phi) is 8.51. The smallest absolute Gasteiger partial charge is 0.119 e. The van der Waals surface area contributed by atoms with Crippen molar-refractivity contribution in [2.45, 2.75) is 0 Å². The summed E-state index contributed by atoms with van der Waals surface area (Å²) < 4.78 is 11.3. The molecule has 0 aromatic heterocycles. The van der Waals surface area contributed by atoms with Gasteiger partial charge >= 0.3 is 0 Å². The molecule has 0 aliphatic rings. The minimum absolute atomic E-state index is 0.535. The van der Waals surface area contributed by atoms with Crippen molar-refractivity contribution in [3.63, 3.8) is 0 Å². The minimum Gasteiger partial charge on any atom is -0.491 e. The first-order valence-electron chi connectivity index (χ1n) is 11.1. The van der Waals surface area contributed by atoms with Crippen LogP contribution in [0.25, 0.3) is 11.1 Å². The molecule has 0 N–H and O–H groups in total. The highest BCUT2D eigenvalue weighted by molar-refractivity contribution is 9.09. The fraction of sp³-hybridized carbons (Fsp3) is 0.133. The first kappa shape index (κ1) is 23.0. The van der Waals surface area contributed by atoms with Crippen LogP contribution in [0.15, 0.2) is 115 Å². The van der Waals surface area contributed by atoms with Crippen LogP contribution in [-0.2, 0) is 4.74 Å². The molecule has 0 unspecified atom stereocenters. The molecule has 0 saturated carbocycles. The first-order valence-corrected chi connectivity index (χ1v) is 12.3. The van der Waals surface area contributed by atoms with E-state index in [2.05, 4.69) is 119 Å². The van der Waals surface area contributed by atoms with Crippen molar-refractivity contribution in [3.05, 3.63) is 138 Å². The maximum Gasteiger partial charge on any atom is 0.119 e. The lowest BCUT2D eigenvalue weighted by atomic mass is 9.86. The third-order valence-corrected chi connectivity index (χ3v) is 5.62. The van der Waals surface area contributed by atoms with E-state index in [1.54, 1.807) is 0 Å². The molecule has 166 valence electrons. The summed E-state index contributed by atoms with van der Waals surface area (Å²) in [6.45, 7) is 1.80. The summed E-state index contributed by atoms with van der Waals surface area (Å²) >= 11 is 3.36. The van der Waals surface area contributed by atoms with E-state index in [-0.39, 0.29) is 0 Å². The fourth-order valence-corrected chi connectivity index (χ4v) is 4.05. The number of rotatable bonds is 10. The predicted molar refractivity (Wildman–Crippen MR) is 141 cm³/mol. The van der Waals surface area contributed by atoms with E-state index < -0.39 is 0 Å². The van der Waals surface area contributed by atoms with Gasteiger partial charge in [0.2, 0.25) is 0 Å². The highest BCUT2D eigenvalue weighted by Gasteiger charge is 2.16. The van der Waals surface area contributed by atoms with E-state index in [0.717, 1.165) is 16.6 Å². The molecule has 0 aliphatic carbocycles. The minimum atomic E-state index is 0.535. The van der Waals surface area contributed by atoms with Crippen LogP contribution in [-0.4, -0.2) is 25.2 Å². The largest absolute Gasteiger partial charge is 0.491 e.